The molecule has 2 aromatic rings. The van der Waals surface area contributed by atoms with Crippen LogP contribution in [0.5, 0.6) is 0 Å². The highest BCUT2D eigenvalue weighted by molar-refractivity contribution is 5.76. The highest BCUT2D eigenvalue weighted by atomic mass is 16.6. The van der Waals surface area contributed by atoms with Crippen molar-refractivity contribution in [2.24, 2.45) is 0 Å². The number of para-hydroxylation sites is 1. The quantitative estimate of drug-likeness (QED) is 0.596. The van der Waals surface area contributed by atoms with Gasteiger partial charge in [0.05, 0.1) is 17.7 Å². The SMILES string of the molecule is CCCNc1cccc(NCc2ccco2)c1[N+](=O)[O-]. The molecule has 1 aromatic carbocycles. The van der Waals surface area contributed by atoms with Crippen LogP contribution in [-0.2, 0) is 6.54 Å². The molecular weight excluding hydrogens is 258 g/mol. The molecule has 6 heteroatoms. The van der Waals surface area contributed by atoms with E-state index in [-0.39, 0.29) is 10.6 Å². The summed E-state index contributed by atoms with van der Waals surface area (Å²) in [6.07, 6.45) is 2.48. The van der Waals surface area contributed by atoms with Crippen molar-refractivity contribution < 1.29 is 9.34 Å². The normalized spacial score (nSPS) is 10.2. The van der Waals surface area contributed by atoms with Crippen molar-refractivity contribution in [2.75, 3.05) is 17.2 Å². The summed E-state index contributed by atoms with van der Waals surface area (Å²) in [4.78, 5) is 10.9. The van der Waals surface area contributed by atoms with Gasteiger partial charge in [-0.3, -0.25) is 10.1 Å². The van der Waals surface area contributed by atoms with Gasteiger partial charge < -0.3 is 15.1 Å². The lowest BCUT2D eigenvalue weighted by molar-refractivity contribution is -0.383. The molecule has 6 nitrogen and oxygen atoms in total. The second kappa shape index (κ2) is 6.60. The number of nitrogens with zero attached hydrogens (tertiary/aromatic N) is 1. The predicted octanol–water partition coefficient (Wildman–Crippen LogP) is 3.62. The molecule has 106 valence electrons. The van der Waals surface area contributed by atoms with Gasteiger partial charge in [0.25, 0.3) is 0 Å². The zero-order valence-corrected chi connectivity index (χ0v) is 11.3. The molecular formula is C14H17N3O3. The van der Waals surface area contributed by atoms with Gasteiger partial charge in [-0.05, 0) is 30.7 Å². The summed E-state index contributed by atoms with van der Waals surface area (Å²) in [6.45, 7) is 3.12. The fourth-order valence-electron chi connectivity index (χ4n) is 1.88. The lowest BCUT2D eigenvalue weighted by Gasteiger charge is -2.10. The third-order valence-electron chi connectivity index (χ3n) is 2.82. The van der Waals surface area contributed by atoms with Crippen LogP contribution in [0.4, 0.5) is 17.1 Å². The Morgan fingerprint density at radius 1 is 1.20 bits per heavy atom. The minimum absolute atomic E-state index is 0.0625. The van der Waals surface area contributed by atoms with E-state index in [9.17, 15) is 10.1 Å². The summed E-state index contributed by atoms with van der Waals surface area (Å²) in [6, 6.07) is 8.79. The Labute approximate surface area is 116 Å². The van der Waals surface area contributed by atoms with Gasteiger partial charge in [-0.25, -0.2) is 0 Å². The van der Waals surface area contributed by atoms with Crippen molar-refractivity contribution in [2.45, 2.75) is 19.9 Å². The minimum Gasteiger partial charge on any atom is -0.467 e. The van der Waals surface area contributed by atoms with Crippen LogP contribution >= 0.6 is 0 Å². The number of hydrogen-bond acceptors (Lipinski definition) is 5. The van der Waals surface area contributed by atoms with Crippen LogP contribution in [0.2, 0.25) is 0 Å². The van der Waals surface area contributed by atoms with E-state index in [4.69, 9.17) is 4.42 Å². The van der Waals surface area contributed by atoms with Crippen molar-refractivity contribution in [1.29, 1.82) is 0 Å². The van der Waals surface area contributed by atoms with Crippen LogP contribution in [0.1, 0.15) is 19.1 Å². The maximum Gasteiger partial charge on any atom is 0.315 e. The lowest BCUT2D eigenvalue weighted by Crippen LogP contribution is -2.07. The molecule has 0 aliphatic rings. The summed E-state index contributed by atoms with van der Waals surface area (Å²) in [7, 11) is 0. The molecule has 0 aliphatic carbocycles. The Hall–Kier alpha value is -2.50. The highest BCUT2D eigenvalue weighted by Crippen LogP contribution is 2.33. The van der Waals surface area contributed by atoms with Gasteiger partial charge in [0, 0.05) is 6.54 Å². The molecule has 0 unspecified atom stereocenters. The van der Waals surface area contributed by atoms with Gasteiger partial charge in [0.2, 0.25) is 0 Å². The molecule has 20 heavy (non-hydrogen) atoms. The van der Waals surface area contributed by atoms with Crippen molar-refractivity contribution in [3.05, 3.63) is 52.5 Å². The Morgan fingerprint density at radius 2 is 1.95 bits per heavy atom. The first-order valence-corrected chi connectivity index (χ1v) is 6.50. The van der Waals surface area contributed by atoms with Crippen molar-refractivity contribution in [3.8, 4) is 0 Å². The minimum atomic E-state index is -0.373. The molecule has 1 heterocycles. The average molecular weight is 275 g/mol. The first kappa shape index (κ1) is 13.9. The number of anilines is 2. The van der Waals surface area contributed by atoms with Gasteiger partial charge in [0.1, 0.15) is 17.1 Å². The number of hydrogen-bond donors (Lipinski definition) is 2. The van der Waals surface area contributed by atoms with E-state index in [0.29, 0.717) is 24.5 Å². The third-order valence-corrected chi connectivity index (χ3v) is 2.82. The number of nitro groups is 1. The number of benzene rings is 1. The fraction of sp³-hybridized carbons (Fsp3) is 0.286. The van der Waals surface area contributed by atoms with Crippen LogP contribution in [-0.4, -0.2) is 11.5 Å². The van der Waals surface area contributed by atoms with E-state index in [1.165, 1.54) is 0 Å². The van der Waals surface area contributed by atoms with Crippen molar-refractivity contribution in [3.63, 3.8) is 0 Å². The fourth-order valence-corrected chi connectivity index (χ4v) is 1.88. The largest absolute Gasteiger partial charge is 0.467 e. The molecule has 0 fully saturated rings. The van der Waals surface area contributed by atoms with Crippen LogP contribution in [0.15, 0.2) is 41.0 Å². The number of rotatable bonds is 7. The summed E-state index contributed by atoms with van der Waals surface area (Å²) < 4.78 is 5.20. The summed E-state index contributed by atoms with van der Waals surface area (Å²) >= 11 is 0. The van der Waals surface area contributed by atoms with Crippen LogP contribution in [0.25, 0.3) is 0 Å². The Balaban J connectivity index is 2.20. The zero-order valence-electron chi connectivity index (χ0n) is 11.3. The molecule has 0 radical (unpaired) electrons. The van der Waals surface area contributed by atoms with E-state index < -0.39 is 0 Å². The van der Waals surface area contributed by atoms with Crippen LogP contribution in [0.3, 0.4) is 0 Å². The lowest BCUT2D eigenvalue weighted by atomic mass is 10.2. The first-order chi connectivity index (χ1) is 9.72. The molecule has 0 saturated carbocycles. The monoisotopic (exact) mass is 275 g/mol. The standard InChI is InChI=1S/C14H17N3O3/c1-2-8-15-12-6-3-7-13(14(12)17(18)19)16-10-11-5-4-9-20-11/h3-7,9,15-16H,2,8,10H2,1H3. The van der Waals surface area contributed by atoms with Gasteiger partial charge in [-0.2, -0.15) is 0 Å². The van der Waals surface area contributed by atoms with E-state index >= 15 is 0 Å². The predicted molar refractivity (Wildman–Crippen MR) is 77.9 cm³/mol. The van der Waals surface area contributed by atoms with Crippen LogP contribution in [0, 0.1) is 10.1 Å². The maximum absolute atomic E-state index is 11.3. The zero-order chi connectivity index (χ0) is 14.4. The molecule has 0 amide bonds. The first-order valence-electron chi connectivity index (χ1n) is 6.50. The van der Waals surface area contributed by atoms with Gasteiger partial charge in [0.15, 0.2) is 0 Å². The topological polar surface area (TPSA) is 80.3 Å². The smallest absolute Gasteiger partial charge is 0.315 e. The molecule has 0 atom stereocenters. The number of nitro benzene ring substituents is 1. The van der Waals surface area contributed by atoms with Crippen molar-refractivity contribution >= 4 is 17.1 Å². The Morgan fingerprint density at radius 3 is 2.55 bits per heavy atom. The second-order valence-corrected chi connectivity index (χ2v) is 4.32. The maximum atomic E-state index is 11.3. The van der Waals surface area contributed by atoms with Crippen LogP contribution < -0.4 is 10.6 Å². The number of nitrogens with one attached hydrogen (secondary N) is 2. The van der Waals surface area contributed by atoms with Gasteiger partial charge in [-0.1, -0.05) is 13.0 Å². The highest BCUT2D eigenvalue weighted by Gasteiger charge is 2.19. The van der Waals surface area contributed by atoms with E-state index in [1.54, 1.807) is 30.5 Å². The molecule has 0 saturated heterocycles. The van der Waals surface area contributed by atoms with Gasteiger partial charge in [-0.15, -0.1) is 0 Å². The Bertz CT molecular complexity index is 567. The summed E-state index contributed by atoms with van der Waals surface area (Å²) in [5.41, 5.74) is 1.07. The summed E-state index contributed by atoms with van der Waals surface area (Å²) in [5, 5.41) is 17.4. The molecule has 0 spiro atoms. The molecule has 2 rings (SSSR count). The van der Waals surface area contributed by atoms with E-state index in [1.807, 2.05) is 13.0 Å². The summed E-state index contributed by atoms with van der Waals surface area (Å²) in [5.74, 6) is 0.728. The van der Waals surface area contributed by atoms with Crippen molar-refractivity contribution in [1.82, 2.24) is 0 Å². The number of furan rings is 1. The average Bonchev–Trinajstić information content (AvgIpc) is 2.95. The molecule has 2 N–H and O–H groups in total. The molecule has 0 aliphatic heterocycles. The molecule has 0 bridgehead atoms. The molecule has 1 aromatic heterocycles. The third kappa shape index (κ3) is 3.28. The van der Waals surface area contributed by atoms with Gasteiger partial charge >= 0.3 is 5.69 Å². The van der Waals surface area contributed by atoms with E-state index in [0.717, 1.165) is 12.2 Å². The Kier molecular flexibility index (Phi) is 4.60. The van der Waals surface area contributed by atoms with E-state index in [2.05, 4.69) is 10.6 Å². The second-order valence-electron chi connectivity index (χ2n) is 4.32.